The third-order valence-corrected chi connectivity index (χ3v) is 5.79. The van der Waals surface area contributed by atoms with Crippen LogP contribution >= 0.6 is 11.3 Å². The van der Waals surface area contributed by atoms with Gasteiger partial charge in [-0.2, -0.15) is 0 Å². The summed E-state index contributed by atoms with van der Waals surface area (Å²) >= 11 is 1.67. The van der Waals surface area contributed by atoms with Crippen LogP contribution in [0.4, 0.5) is 0 Å². The lowest BCUT2D eigenvalue weighted by Crippen LogP contribution is -2.21. The average Bonchev–Trinajstić information content (AvgIpc) is 3.21. The van der Waals surface area contributed by atoms with Gasteiger partial charge in [0.2, 0.25) is 0 Å². The number of hydrogen-bond donors (Lipinski definition) is 1. The fourth-order valence-corrected chi connectivity index (χ4v) is 3.85. The molecule has 2 aromatic rings. The number of aryl methyl sites for hydroxylation is 1. The molecule has 0 aliphatic carbocycles. The predicted octanol–water partition coefficient (Wildman–Crippen LogP) is 7.16. The Bertz CT molecular complexity index is 1040. The molecule has 0 radical (unpaired) electrons. The number of nitrogens with one attached hydrogen (secondary N) is 1. The van der Waals surface area contributed by atoms with Crippen molar-refractivity contribution in [1.82, 2.24) is 10.3 Å². The van der Waals surface area contributed by atoms with Gasteiger partial charge in [-0.15, -0.1) is 11.3 Å². The predicted molar refractivity (Wildman–Crippen MR) is 140 cm³/mol. The zero-order valence-electron chi connectivity index (χ0n) is 20.2. The molecule has 1 aromatic heterocycles. The lowest BCUT2D eigenvalue weighted by molar-refractivity contribution is 0.412. The van der Waals surface area contributed by atoms with Crippen LogP contribution in [0, 0.1) is 13.8 Å². The van der Waals surface area contributed by atoms with Crippen molar-refractivity contribution in [3.05, 3.63) is 82.6 Å². The first-order chi connectivity index (χ1) is 15.4. The minimum atomic E-state index is 0.501. The molecule has 1 aromatic carbocycles. The number of aromatic nitrogens is 1. The summed E-state index contributed by atoms with van der Waals surface area (Å²) in [6, 6.07) is 4.18. The van der Waals surface area contributed by atoms with Gasteiger partial charge in [-0.3, -0.25) is 4.99 Å². The van der Waals surface area contributed by atoms with Gasteiger partial charge in [-0.25, -0.2) is 4.98 Å². The maximum Gasteiger partial charge on any atom is 0.133 e. The number of amidine groups is 1. The lowest BCUT2D eigenvalue weighted by Gasteiger charge is -2.15. The van der Waals surface area contributed by atoms with Crippen molar-refractivity contribution >= 4 is 17.2 Å². The number of hydrogen-bond acceptors (Lipinski definition) is 4. The molecule has 0 saturated carbocycles. The van der Waals surface area contributed by atoms with Crippen molar-refractivity contribution in [2.45, 2.75) is 47.5 Å². The Labute approximate surface area is 197 Å². The fraction of sp³-hybridized carbons (Fsp3) is 0.333. The molecule has 32 heavy (non-hydrogen) atoms. The highest BCUT2D eigenvalue weighted by Crippen LogP contribution is 2.32. The van der Waals surface area contributed by atoms with E-state index in [4.69, 9.17) is 9.73 Å². The summed E-state index contributed by atoms with van der Waals surface area (Å²) in [5.41, 5.74) is 5.22. The molecule has 0 aliphatic heterocycles. The summed E-state index contributed by atoms with van der Waals surface area (Å²) in [5.74, 6) is 1.61. The number of nitrogens with zero attached hydrogens (tertiary/aromatic N) is 2. The number of allylic oxidation sites excluding steroid dienone is 4. The third-order valence-electron chi connectivity index (χ3n) is 4.83. The SMILES string of the molecule is C=C(/C=C\C(C)=C\CC)CN=C(N/C=C/CC)c1cc(-c2ncc(C)s2)cc(OC)c1C. The molecule has 5 heteroatoms. The monoisotopic (exact) mass is 449 g/mol. The van der Waals surface area contributed by atoms with Crippen LogP contribution in [0.1, 0.15) is 49.6 Å². The summed E-state index contributed by atoms with van der Waals surface area (Å²) in [6.45, 7) is 15.1. The smallest absolute Gasteiger partial charge is 0.133 e. The topological polar surface area (TPSA) is 46.5 Å². The second-order valence-corrected chi connectivity index (χ2v) is 8.83. The molecule has 0 unspecified atom stereocenters. The highest BCUT2D eigenvalue weighted by atomic mass is 32.1. The van der Waals surface area contributed by atoms with Crippen LogP contribution in [-0.4, -0.2) is 24.5 Å². The molecule has 0 aliphatic rings. The quantitative estimate of drug-likeness (QED) is 0.238. The Morgan fingerprint density at radius 3 is 2.62 bits per heavy atom. The molecule has 0 saturated heterocycles. The Hall–Kier alpha value is -2.92. The Balaban J connectivity index is 2.44. The molecule has 1 heterocycles. The highest BCUT2D eigenvalue weighted by molar-refractivity contribution is 7.14. The van der Waals surface area contributed by atoms with E-state index in [1.807, 2.05) is 24.5 Å². The second-order valence-electron chi connectivity index (χ2n) is 7.59. The molecule has 0 amide bonds. The fourth-order valence-electron chi connectivity index (χ4n) is 3.09. The van der Waals surface area contributed by atoms with E-state index in [1.165, 1.54) is 10.5 Å². The first-order valence-electron chi connectivity index (χ1n) is 11.0. The molecule has 170 valence electrons. The second kappa shape index (κ2) is 12.8. The molecule has 0 fully saturated rings. The molecule has 2 rings (SSSR count). The van der Waals surface area contributed by atoms with Gasteiger partial charge < -0.3 is 10.1 Å². The van der Waals surface area contributed by atoms with Gasteiger partial charge in [-0.05, 0) is 57.5 Å². The van der Waals surface area contributed by atoms with Crippen molar-refractivity contribution < 1.29 is 4.74 Å². The van der Waals surface area contributed by atoms with Gasteiger partial charge >= 0.3 is 0 Å². The molecular formula is C27H35N3OS. The Kier molecular flexibility index (Phi) is 10.2. The standard InChI is InChI=1S/C27H35N3OS/c1-8-10-14-28-26(29-17-20(4)13-12-19(3)11-9-2)24-15-23(16-25(31-7)22(24)6)27-30-18-21(5)32-27/h10-16,18H,4,8-9,17H2,1-3,5-7H3,(H,28,29)/b13-12-,14-10+,19-11+. The van der Waals surface area contributed by atoms with Gasteiger partial charge in [0.05, 0.1) is 13.7 Å². The van der Waals surface area contributed by atoms with Gasteiger partial charge in [0, 0.05) is 27.8 Å². The van der Waals surface area contributed by atoms with Crippen molar-refractivity contribution in [2.75, 3.05) is 13.7 Å². The van der Waals surface area contributed by atoms with Crippen molar-refractivity contribution in [3.63, 3.8) is 0 Å². The minimum Gasteiger partial charge on any atom is -0.496 e. The van der Waals surface area contributed by atoms with Crippen LogP contribution < -0.4 is 10.1 Å². The van der Waals surface area contributed by atoms with E-state index in [0.29, 0.717) is 6.54 Å². The van der Waals surface area contributed by atoms with Gasteiger partial charge in [-0.1, -0.05) is 50.3 Å². The summed E-state index contributed by atoms with van der Waals surface area (Å²) < 4.78 is 5.68. The van der Waals surface area contributed by atoms with E-state index in [9.17, 15) is 0 Å². The molecule has 0 spiro atoms. The van der Waals surface area contributed by atoms with E-state index in [1.54, 1.807) is 18.4 Å². The first kappa shape index (κ1) is 25.3. The van der Waals surface area contributed by atoms with E-state index in [0.717, 1.165) is 51.7 Å². The van der Waals surface area contributed by atoms with Crippen molar-refractivity contribution in [1.29, 1.82) is 0 Å². The maximum absolute atomic E-state index is 5.68. The summed E-state index contributed by atoms with van der Waals surface area (Å²) in [6.07, 6.45) is 14.2. The number of aliphatic imine (C=N–C) groups is 1. The molecule has 0 atom stereocenters. The van der Waals surface area contributed by atoms with Gasteiger partial charge in [0.1, 0.15) is 16.6 Å². The van der Waals surface area contributed by atoms with Crippen molar-refractivity contribution in [3.8, 4) is 16.3 Å². The van der Waals surface area contributed by atoms with Crippen LogP contribution in [-0.2, 0) is 0 Å². The van der Waals surface area contributed by atoms with Crippen molar-refractivity contribution in [2.24, 2.45) is 4.99 Å². The van der Waals surface area contributed by atoms with Gasteiger partial charge in [0.15, 0.2) is 0 Å². The van der Waals surface area contributed by atoms with Crippen LogP contribution in [0.25, 0.3) is 10.6 Å². The van der Waals surface area contributed by atoms with Crippen LogP contribution in [0.5, 0.6) is 5.75 Å². The zero-order chi connectivity index (χ0) is 23.5. The number of ether oxygens (including phenoxy) is 1. The van der Waals surface area contributed by atoms with Crippen LogP contribution in [0.15, 0.2) is 71.6 Å². The first-order valence-corrected chi connectivity index (χ1v) is 11.8. The van der Waals surface area contributed by atoms with E-state index in [2.05, 4.69) is 75.8 Å². The summed E-state index contributed by atoms with van der Waals surface area (Å²) in [4.78, 5) is 10.6. The number of benzene rings is 1. The largest absolute Gasteiger partial charge is 0.496 e. The zero-order valence-corrected chi connectivity index (χ0v) is 21.0. The molecule has 0 bridgehead atoms. The maximum atomic E-state index is 5.68. The van der Waals surface area contributed by atoms with E-state index in [-0.39, 0.29) is 0 Å². The Morgan fingerprint density at radius 2 is 2.00 bits per heavy atom. The Morgan fingerprint density at radius 1 is 1.22 bits per heavy atom. The third kappa shape index (κ3) is 7.34. The lowest BCUT2D eigenvalue weighted by atomic mass is 10.0. The molecule has 1 N–H and O–H groups in total. The number of thiazole rings is 1. The molecule has 4 nitrogen and oxygen atoms in total. The highest BCUT2D eigenvalue weighted by Gasteiger charge is 2.15. The van der Waals surface area contributed by atoms with Crippen LogP contribution in [0.2, 0.25) is 0 Å². The van der Waals surface area contributed by atoms with E-state index < -0.39 is 0 Å². The van der Waals surface area contributed by atoms with E-state index >= 15 is 0 Å². The molecular weight excluding hydrogens is 414 g/mol. The minimum absolute atomic E-state index is 0.501. The number of methoxy groups -OCH3 is 1. The summed E-state index contributed by atoms with van der Waals surface area (Å²) in [7, 11) is 1.70. The average molecular weight is 450 g/mol. The van der Waals surface area contributed by atoms with Gasteiger partial charge in [0.25, 0.3) is 0 Å². The normalized spacial score (nSPS) is 12.7. The number of rotatable bonds is 10. The van der Waals surface area contributed by atoms with Crippen LogP contribution in [0.3, 0.4) is 0 Å². The summed E-state index contributed by atoms with van der Waals surface area (Å²) in [5, 5.41) is 4.34.